The van der Waals surface area contributed by atoms with Crippen LogP contribution in [0.5, 0.6) is 11.5 Å². The van der Waals surface area contributed by atoms with Gasteiger partial charge in [0.25, 0.3) is 11.8 Å². The zero-order valence-corrected chi connectivity index (χ0v) is 17.4. The van der Waals surface area contributed by atoms with Crippen LogP contribution >= 0.6 is 28.1 Å². The van der Waals surface area contributed by atoms with E-state index in [1.54, 1.807) is 48.5 Å². The molecule has 3 N–H and O–H groups in total. The summed E-state index contributed by atoms with van der Waals surface area (Å²) in [5, 5.41) is 2.41. The Morgan fingerprint density at radius 2 is 1.86 bits per heavy atom. The van der Waals surface area contributed by atoms with Gasteiger partial charge in [0.2, 0.25) is 0 Å². The number of thiocarbonyl (C=S) groups is 1. The highest BCUT2D eigenvalue weighted by atomic mass is 79.9. The maximum Gasteiger partial charge on any atom is 0.269 e. The summed E-state index contributed by atoms with van der Waals surface area (Å²) < 4.78 is 11.2. The summed E-state index contributed by atoms with van der Waals surface area (Å²) >= 11 is 8.34. The summed E-state index contributed by atoms with van der Waals surface area (Å²) in [5.74, 6) is 0.113. The van der Waals surface area contributed by atoms with E-state index in [-0.39, 0.29) is 5.11 Å². The van der Waals surface area contributed by atoms with E-state index in [2.05, 4.69) is 38.7 Å². The quantitative estimate of drug-likeness (QED) is 0.346. The van der Waals surface area contributed by atoms with Gasteiger partial charge in [-0.05, 0) is 54.7 Å². The summed E-state index contributed by atoms with van der Waals surface area (Å²) in [4.78, 5) is 24.5. The van der Waals surface area contributed by atoms with Gasteiger partial charge in [0, 0.05) is 10.0 Å². The summed E-state index contributed by atoms with van der Waals surface area (Å²) in [7, 11) is 1.46. The number of benzene rings is 2. The van der Waals surface area contributed by atoms with Gasteiger partial charge in [0.15, 0.2) is 5.11 Å². The average molecular weight is 464 g/mol. The Morgan fingerprint density at radius 1 is 1.14 bits per heavy atom. The first-order valence-electron chi connectivity index (χ1n) is 8.03. The molecule has 0 aliphatic carbocycles. The first-order chi connectivity index (χ1) is 13.4. The van der Waals surface area contributed by atoms with E-state index in [1.165, 1.54) is 7.11 Å². The van der Waals surface area contributed by atoms with E-state index in [1.807, 2.05) is 0 Å². The van der Waals surface area contributed by atoms with Gasteiger partial charge in [-0.1, -0.05) is 28.6 Å². The Labute approximate surface area is 176 Å². The number of hydrogen-bond donors (Lipinski definition) is 3. The monoisotopic (exact) mass is 463 g/mol. The van der Waals surface area contributed by atoms with Crippen molar-refractivity contribution in [2.24, 2.45) is 0 Å². The van der Waals surface area contributed by atoms with E-state index in [9.17, 15) is 9.59 Å². The second kappa shape index (κ2) is 10.4. The molecule has 0 radical (unpaired) electrons. The third-order valence-electron chi connectivity index (χ3n) is 3.41. The lowest BCUT2D eigenvalue weighted by molar-refractivity contribution is 0.0934. The van der Waals surface area contributed by atoms with E-state index in [0.29, 0.717) is 33.7 Å². The first kappa shape index (κ1) is 21.4. The Hall–Kier alpha value is -2.91. The zero-order chi connectivity index (χ0) is 20.5. The normalized spacial score (nSPS) is 9.79. The Balaban J connectivity index is 1.89. The van der Waals surface area contributed by atoms with Gasteiger partial charge in [-0.3, -0.25) is 25.8 Å². The molecule has 2 aromatic rings. The predicted molar refractivity (Wildman–Crippen MR) is 113 cm³/mol. The first-order valence-corrected chi connectivity index (χ1v) is 9.23. The summed E-state index contributed by atoms with van der Waals surface area (Å²) in [6, 6.07) is 11.5. The number of ether oxygens (including phenoxy) is 2. The highest BCUT2D eigenvalue weighted by Gasteiger charge is 2.14. The van der Waals surface area contributed by atoms with Crippen LogP contribution in [0.4, 0.5) is 0 Å². The molecule has 0 aliphatic heterocycles. The van der Waals surface area contributed by atoms with E-state index >= 15 is 0 Å². The van der Waals surface area contributed by atoms with Crippen molar-refractivity contribution in [3.63, 3.8) is 0 Å². The fourth-order valence-electron chi connectivity index (χ4n) is 2.10. The molecule has 7 nitrogen and oxygen atoms in total. The van der Waals surface area contributed by atoms with Crippen molar-refractivity contribution in [2.45, 2.75) is 0 Å². The molecule has 0 bridgehead atoms. The van der Waals surface area contributed by atoms with E-state index in [0.717, 1.165) is 0 Å². The van der Waals surface area contributed by atoms with Gasteiger partial charge in [-0.2, -0.15) is 0 Å². The molecule has 2 amide bonds. The molecule has 0 spiro atoms. The largest absolute Gasteiger partial charge is 0.496 e. The number of nitrogens with one attached hydrogen (secondary N) is 3. The van der Waals surface area contributed by atoms with Crippen LogP contribution < -0.4 is 25.6 Å². The van der Waals surface area contributed by atoms with Crippen molar-refractivity contribution in [2.75, 3.05) is 13.7 Å². The van der Waals surface area contributed by atoms with Crippen molar-refractivity contribution in [1.82, 2.24) is 16.2 Å². The number of rotatable bonds is 6. The standard InChI is InChI=1S/C19H18BrN3O4S/c1-3-10-27-14-7-4-12(5-8-14)17(24)22-23-19(28)21-18(25)15-11-13(20)6-9-16(15)26-2/h3-9,11H,1,10H2,2H3,(H,22,24)(H2,21,23,25,28). The van der Waals surface area contributed by atoms with E-state index < -0.39 is 11.8 Å². The van der Waals surface area contributed by atoms with Gasteiger partial charge >= 0.3 is 0 Å². The summed E-state index contributed by atoms with van der Waals surface area (Å²) in [5.41, 5.74) is 5.59. The molecule has 0 unspecified atom stereocenters. The fourth-order valence-corrected chi connectivity index (χ4v) is 2.61. The summed E-state index contributed by atoms with van der Waals surface area (Å²) in [6.07, 6.45) is 1.63. The number of carbonyl (C=O) groups excluding carboxylic acids is 2. The van der Waals surface area contributed by atoms with Gasteiger partial charge in [0.1, 0.15) is 18.1 Å². The lowest BCUT2D eigenvalue weighted by Crippen LogP contribution is -2.48. The van der Waals surface area contributed by atoms with Crippen LogP contribution in [-0.4, -0.2) is 30.6 Å². The molecule has 0 heterocycles. The molecule has 2 rings (SSSR count). The van der Waals surface area contributed by atoms with Crippen LogP contribution in [0.2, 0.25) is 0 Å². The van der Waals surface area contributed by atoms with Crippen LogP contribution in [0.15, 0.2) is 59.6 Å². The minimum Gasteiger partial charge on any atom is -0.496 e. The van der Waals surface area contributed by atoms with Crippen LogP contribution in [0, 0.1) is 0 Å². The lowest BCUT2D eigenvalue weighted by atomic mass is 10.2. The minimum atomic E-state index is -0.478. The molecule has 0 aromatic heterocycles. The SMILES string of the molecule is C=CCOc1ccc(C(=O)NNC(=S)NC(=O)c2cc(Br)ccc2OC)cc1. The maximum atomic E-state index is 12.4. The maximum absolute atomic E-state index is 12.4. The van der Waals surface area contributed by atoms with Gasteiger partial charge in [-0.15, -0.1) is 0 Å². The van der Waals surface area contributed by atoms with Crippen molar-refractivity contribution >= 4 is 45.1 Å². The second-order valence-electron chi connectivity index (χ2n) is 5.33. The number of hydrogen-bond acceptors (Lipinski definition) is 5. The van der Waals surface area contributed by atoms with Crippen molar-refractivity contribution in [1.29, 1.82) is 0 Å². The second-order valence-corrected chi connectivity index (χ2v) is 6.65. The van der Waals surface area contributed by atoms with Gasteiger partial charge in [0.05, 0.1) is 12.7 Å². The Kier molecular flexibility index (Phi) is 7.97. The molecule has 0 saturated heterocycles. The van der Waals surface area contributed by atoms with Gasteiger partial charge in [-0.25, -0.2) is 0 Å². The third kappa shape index (κ3) is 6.07. The topological polar surface area (TPSA) is 88.7 Å². The number of carbonyl (C=O) groups is 2. The van der Waals surface area contributed by atoms with Crippen molar-refractivity contribution in [3.8, 4) is 11.5 Å². The van der Waals surface area contributed by atoms with Crippen LogP contribution in [-0.2, 0) is 0 Å². The molecular formula is C19H18BrN3O4S. The molecule has 146 valence electrons. The van der Waals surface area contributed by atoms with Crippen LogP contribution in [0.3, 0.4) is 0 Å². The number of halogens is 1. The smallest absolute Gasteiger partial charge is 0.269 e. The van der Waals surface area contributed by atoms with Crippen LogP contribution in [0.1, 0.15) is 20.7 Å². The molecule has 28 heavy (non-hydrogen) atoms. The molecule has 2 aromatic carbocycles. The van der Waals surface area contributed by atoms with Crippen molar-refractivity contribution < 1.29 is 19.1 Å². The van der Waals surface area contributed by atoms with Gasteiger partial charge < -0.3 is 9.47 Å². The fraction of sp³-hybridized carbons (Fsp3) is 0.105. The predicted octanol–water partition coefficient (Wildman–Crippen LogP) is 2.97. The Morgan fingerprint density at radius 3 is 2.50 bits per heavy atom. The molecule has 0 aliphatic rings. The molecule has 9 heteroatoms. The molecular weight excluding hydrogens is 446 g/mol. The lowest BCUT2D eigenvalue weighted by Gasteiger charge is -2.13. The average Bonchev–Trinajstić information content (AvgIpc) is 2.70. The number of amides is 2. The highest BCUT2D eigenvalue weighted by molar-refractivity contribution is 9.10. The molecule has 0 fully saturated rings. The van der Waals surface area contributed by atoms with Crippen molar-refractivity contribution in [3.05, 3.63) is 70.7 Å². The minimum absolute atomic E-state index is 0.0636. The van der Waals surface area contributed by atoms with E-state index in [4.69, 9.17) is 21.7 Å². The number of methoxy groups -OCH3 is 1. The zero-order valence-electron chi connectivity index (χ0n) is 15.0. The third-order valence-corrected chi connectivity index (χ3v) is 4.10. The Bertz CT molecular complexity index is 887. The number of hydrazine groups is 1. The molecule has 0 atom stereocenters. The van der Waals surface area contributed by atoms with Crippen LogP contribution in [0.25, 0.3) is 0 Å². The summed E-state index contributed by atoms with van der Waals surface area (Å²) in [6.45, 7) is 3.95. The molecule has 0 saturated carbocycles. The highest BCUT2D eigenvalue weighted by Crippen LogP contribution is 2.22.